The van der Waals surface area contributed by atoms with E-state index >= 15 is 0 Å². The lowest BCUT2D eigenvalue weighted by Crippen LogP contribution is -2.44. The molecule has 174 valence electrons. The minimum Gasteiger partial charge on any atom is -0.373 e. The van der Waals surface area contributed by atoms with Gasteiger partial charge in [-0.1, -0.05) is 0 Å². The summed E-state index contributed by atoms with van der Waals surface area (Å²) in [7, 11) is 1.79. The van der Waals surface area contributed by atoms with Crippen LogP contribution in [0.5, 0.6) is 0 Å². The molecular weight excluding hydrogens is 433 g/mol. The highest BCUT2D eigenvalue weighted by atomic mass is 19.4. The van der Waals surface area contributed by atoms with Crippen LogP contribution in [0.1, 0.15) is 18.5 Å². The van der Waals surface area contributed by atoms with Crippen LogP contribution in [0.25, 0.3) is 22.0 Å². The number of carbonyl (C=O) groups is 1. The normalized spacial score (nSPS) is 17.2. The monoisotopic (exact) mass is 458 g/mol. The molecule has 1 unspecified atom stereocenters. The average Bonchev–Trinajstić information content (AvgIpc) is 2.79. The summed E-state index contributed by atoms with van der Waals surface area (Å²) in [5, 5.41) is 6.61. The molecule has 1 fully saturated rings. The summed E-state index contributed by atoms with van der Waals surface area (Å²) in [5.74, 6) is -1.03. The van der Waals surface area contributed by atoms with Gasteiger partial charge in [0.15, 0.2) is 0 Å². The number of pyridine rings is 3. The van der Waals surface area contributed by atoms with Crippen molar-refractivity contribution in [1.82, 2.24) is 19.9 Å². The van der Waals surface area contributed by atoms with Gasteiger partial charge in [0.25, 0.3) is 0 Å². The molecule has 10 heteroatoms. The standard InChI is InChI=1S/C23H25F3N6O/c1-14-19(15-6-16-10-30-21(27-2)8-20(16)29-9-15)7-18(11-28-14)31-22(33)13-32-5-3-4-17(12-32)23(24,25)26/h6-11,17H,3-5,12-13H2,1-2H3,(H,27,30)(H,31,33). The number of amides is 1. The minimum atomic E-state index is -4.23. The van der Waals surface area contributed by atoms with E-state index in [-0.39, 0.29) is 25.4 Å². The van der Waals surface area contributed by atoms with Crippen LogP contribution in [0, 0.1) is 12.8 Å². The van der Waals surface area contributed by atoms with Gasteiger partial charge in [-0.05, 0) is 38.4 Å². The summed E-state index contributed by atoms with van der Waals surface area (Å²) in [6, 6.07) is 5.60. The molecule has 4 rings (SSSR count). The van der Waals surface area contributed by atoms with E-state index in [1.165, 1.54) is 0 Å². The summed E-state index contributed by atoms with van der Waals surface area (Å²) in [5.41, 5.74) is 3.67. The zero-order valence-corrected chi connectivity index (χ0v) is 18.4. The van der Waals surface area contributed by atoms with Gasteiger partial charge >= 0.3 is 6.18 Å². The molecule has 2 N–H and O–H groups in total. The molecule has 0 saturated carbocycles. The van der Waals surface area contributed by atoms with E-state index in [1.54, 1.807) is 36.6 Å². The molecule has 0 aliphatic carbocycles. The lowest BCUT2D eigenvalue weighted by atomic mass is 9.97. The Labute approximate surface area is 189 Å². The Morgan fingerprint density at radius 2 is 1.97 bits per heavy atom. The molecule has 33 heavy (non-hydrogen) atoms. The largest absolute Gasteiger partial charge is 0.393 e. The summed E-state index contributed by atoms with van der Waals surface area (Å²) in [6.45, 7) is 2.09. The number of rotatable bonds is 5. The van der Waals surface area contributed by atoms with Gasteiger partial charge in [0, 0.05) is 54.3 Å². The first-order valence-electron chi connectivity index (χ1n) is 10.7. The van der Waals surface area contributed by atoms with Crippen molar-refractivity contribution in [3.63, 3.8) is 0 Å². The fourth-order valence-electron chi connectivity index (χ4n) is 4.07. The maximum absolute atomic E-state index is 13.0. The Morgan fingerprint density at radius 1 is 1.15 bits per heavy atom. The van der Waals surface area contributed by atoms with Crippen molar-refractivity contribution in [3.8, 4) is 11.1 Å². The second-order valence-corrected chi connectivity index (χ2v) is 8.26. The number of aromatic nitrogens is 3. The second-order valence-electron chi connectivity index (χ2n) is 8.26. The van der Waals surface area contributed by atoms with Crippen LogP contribution in [-0.4, -0.2) is 58.6 Å². The van der Waals surface area contributed by atoms with E-state index in [2.05, 4.69) is 25.6 Å². The van der Waals surface area contributed by atoms with Gasteiger partial charge in [0.2, 0.25) is 5.91 Å². The van der Waals surface area contributed by atoms with E-state index < -0.39 is 12.1 Å². The maximum atomic E-state index is 13.0. The Kier molecular flexibility index (Phi) is 6.46. The molecule has 7 nitrogen and oxygen atoms in total. The van der Waals surface area contributed by atoms with Crippen LogP contribution in [0.4, 0.5) is 24.7 Å². The SMILES string of the molecule is CNc1cc2ncc(-c3cc(NC(=O)CN4CCCC(C(F)(F)F)C4)cnc3C)cc2cn1. The van der Waals surface area contributed by atoms with Gasteiger partial charge in [0.1, 0.15) is 5.82 Å². The number of hydrogen-bond acceptors (Lipinski definition) is 6. The van der Waals surface area contributed by atoms with E-state index in [4.69, 9.17) is 0 Å². The van der Waals surface area contributed by atoms with Crippen LogP contribution in [0.2, 0.25) is 0 Å². The number of anilines is 2. The quantitative estimate of drug-likeness (QED) is 0.595. The molecule has 3 aromatic heterocycles. The highest BCUT2D eigenvalue weighted by Crippen LogP contribution is 2.33. The zero-order chi connectivity index (χ0) is 23.6. The predicted molar refractivity (Wildman–Crippen MR) is 121 cm³/mol. The van der Waals surface area contributed by atoms with E-state index in [0.717, 1.165) is 33.5 Å². The fraction of sp³-hybridized carbons (Fsp3) is 0.391. The van der Waals surface area contributed by atoms with Gasteiger partial charge in [-0.15, -0.1) is 0 Å². The number of alkyl halides is 3. The van der Waals surface area contributed by atoms with Crippen LogP contribution < -0.4 is 10.6 Å². The molecule has 1 saturated heterocycles. The van der Waals surface area contributed by atoms with Crippen molar-refractivity contribution < 1.29 is 18.0 Å². The first-order valence-corrected chi connectivity index (χ1v) is 10.7. The van der Waals surface area contributed by atoms with Gasteiger partial charge in [-0.25, -0.2) is 4.98 Å². The lowest BCUT2D eigenvalue weighted by molar-refractivity contribution is -0.186. The highest BCUT2D eigenvalue weighted by molar-refractivity contribution is 5.93. The molecule has 0 spiro atoms. The average molecular weight is 458 g/mol. The number of halogens is 3. The van der Waals surface area contributed by atoms with Gasteiger partial charge < -0.3 is 10.6 Å². The topological polar surface area (TPSA) is 83.0 Å². The van der Waals surface area contributed by atoms with Crippen molar-refractivity contribution in [2.45, 2.75) is 25.9 Å². The first kappa shape index (κ1) is 22.9. The van der Waals surface area contributed by atoms with Crippen molar-refractivity contribution in [3.05, 3.63) is 42.5 Å². The number of hydrogen-bond donors (Lipinski definition) is 2. The molecule has 4 heterocycles. The van der Waals surface area contributed by atoms with E-state index in [9.17, 15) is 18.0 Å². The highest BCUT2D eigenvalue weighted by Gasteiger charge is 2.41. The van der Waals surface area contributed by atoms with E-state index in [0.29, 0.717) is 18.7 Å². The van der Waals surface area contributed by atoms with Crippen molar-refractivity contribution in [1.29, 1.82) is 0 Å². The summed E-state index contributed by atoms with van der Waals surface area (Å²) in [6.07, 6.45) is 1.32. The number of aryl methyl sites for hydroxylation is 1. The number of likely N-dealkylation sites (tertiary alicyclic amines) is 1. The number of carbonyl (C=O) groups excluding carboxylic acids is 1. The van der Waals surface area contributed by atoms with Crippen LogP contribution >= 0.6 is 0 Å². The lowest BCUT2D eigenvalue weighted by Gasteiger charge is -2.33. The van der Waals surface area contributed by atoms with Gasteiger partial charge in [-0.2, -0.15) is 13.2 Å². The third kappa shape index (κ3) is 5.39. The number of nitrogens with one attached hydrogen (secondary N) is 2. The molecular formula is C23H25F3N6O. The molecule has 1 atom stereocenters. The number of nitrogens with zero attached hydrogens (tertiary/aromatic N) is 4. The van der Waals surface area contributed by atoms with Crippen molar-refractivity contribution in [2.75, 3.05) is 37.3 Å². The maximum Gasteiger partial charge on any atom is 0.393 e. The van der Waals surface area contributed by atoms with Crippen LogP contribution in [-0.2, 0) is 4.79 Å². The molecule has 1 amide bonds. The first-order chi connectivity index (χ1) is 15.7. The molecule has 0 aromatic carbocycles. The summed E-state index contributed by atoms with van der Waals surface area (Å²) in [4.78, 5) is 27.3. The summed E-state index contributed by atoms with van der Waals surface area (Å²) >= 11 is 0. The van der Waals surface area contributed by atoms with Crippen molar-refractivity contribution in [2.24, 2.45) is 5.92 Å². The third-order valence-electron chi connectivity index (χ3n) is 5.84. The zero-order valence-electron chi connectivity index (χ0n) is 18.4. The second kappa shape index (κ2) is 9.30. The molecule has 1 aliphatic heterocycles. The predicted octanol–water partition coefficient (Wildman–Crippen LogP) is 4.25. The van der Waals surface area contributed by atoms with Gasteiger partial charge in [0.05, 0.1) is 29.9 Å². The Morgan fingerprint density at radius 3 is 2.73 bits per heavy atom. The molecule has 0 radical (unpaired) electrons. The minimum absolute atomic E-state index is 0.0905. The number of fused-ring (bicyclic) bond motifs is 1. The summed E-state index contributed by atoms with van der Waals surface area (Å²) < 4.78 is 39.1. The van der Waals surface area contributed by atoms with Crippen molar-refractivity contribution >= 4 is 28.3 Å². The Hall–Kier alpha value is -3.27. The smallest absolute Gasteiger partial charge is 0.373 e. The Bertz CT molecular complexity index is 1170. The van der Waals surface area contributed by atoms with Gasteiger partial charge in [-0.3, -0.25) is 19.7 Å². The Balaban J connectivity index is 1.48. The van der Waals surface area contributed by atoms with Crippen LogP contribution in [0.3, 0.4) is 0 Å². The fourth-order valence-corrected chi connectivity index (χ4v) is 4.07. The molecule has 1 aliphatic rings. The molecule has 3 aromatic rings. The number of piperidine rings is 1. The third-order valence-corrected chi connectivity index (χ3v) is 5.84. The molecule has 0 bridgehead atoms. The van der Waals surface area contributed by atoms with Crippen LogP contribution in [0.15, 0.2) is 36.8 Å². The van der Waals surface area contributed by atoms with E-state index in [1.807, 2.05) is 19.1 Å².